The fourth-order valence-electron chi connectivity index (χ4n) is 2.61. The Kier molecular flexibility index (Phi) is 5.34. The second-order valence-electron chi connectivity index (χ2n) is 5.20. The number of hydrogen-bond acceptors (Lipinski definition) is 7. The Balaban J connectivity index is 2.06. The second-order valence-corrected chi connectivity index (χ2v) is 5.20. The highest BCUT2D eigenvalue weighted by Gasteiger charge is 2.18. The van der Waals surface area contributed by atoms with Crippen LogP contribution in [0.2, 0.25) is 0 Å². The standard InChI is InChI=1S/C13H24N6O/c1-3-20-13-16-11(18-14)15-12(17-13)19(2)9-10-7-5-4-6-8-10/h10H,3-9,14H2,1-2H3,(H,15,16,17,18). The zero-order valence-electron chi connectivity index (χ0n) is 12.3. The van der Waals surface area contributed by atoms with Crippen molar-refractivity contribution < 1.29 is 4.74 Å². The molecule has 0 aliphatic heterocycles. The van der Waals surface area contributed by atoms with E-state index >= 15 is 0 Å². The molecular weight excluding hydrogens is 256 g/mol. The van der Waals surface area contributed by atoms with E-state index in [1.807, 2.05) is 14.0 Å². The lowest BCUT2D eigenvalue weighted by molar-refractivity contribution is 0.311. The van der Waals surface area contributed by atoms with Crippen LogP contribution in [-0.4, -0.2) is 35.2 Å². The number of hydrogen-bond donors (Lipinski definition) is 2. The van der Waals surface area contributed by atoms with Gasteiger partial charge in [0.05, 0.1) is 6.61 Å². The van der Waals surface area contributed by atoms with Gasteiger partial charge in [-0.25, -0.2) is 5.84 Å². The number of rotatable bonds is 6. The number of nitrogens with zero attached hydrogens (tertiary/aromatic N) is 4. The van der Waals surface area contributed by atoms with Gasteiger partial charge in [-0.15, -0.1) is 0 Å². The number of hydrazine groups is 1. The van der Waals surface area contributed by atoms with Crippen LogP contribution in [0.25, 0.3) is 0 Å². The third-order valence-electron chi connectivity index (χ3n) is 3.60. The summed E-state index contributed by atoms with van der Waals surface area (Å²) in [5, 5.41) is 0. The first kappa shape index (κ1) is 14.8. The Hall–Kier alpha value is -1.63. The summed E-state index contributed by atoms with van der Waals surface area (Å²) in [7, 11) is 2.00. The molecule has 1 aliphatic rings. The van der Waals surface area contributed by atoms with Crippen LogP contribution in [0, 0.1) is 5.92 Å². The van der Waals surface area contributed by atoms with Gasteiger partial charge in [0.25, 0.3) is 0 Å². The number of nitrogen functional groups attached to an aromatic ring is 1. The predicted molar refractivity (Wildman–Crippen MR) is 78.7 cm³/mol. The van der Waals surface area contributed by atoms with E-state index in [1.165, 1.54) is 32.1 Å². The molecule has 0 spiro atoms. The van der Waals surface area contributed by atoms with Gasteiger partial charge in [0.2, 0.25) is 11.9 Å². The fraction of sp³-hybridized carbons (Fsp3) is 0.769. The lowest BCUT2D eigenvalue weighted by atomic mass is 9.89. The van der Waals surface area contributed by atoms with E-state index in [0.717, 1.165) is 12.5 Å². The van der Waals surface area contributed by atoms with Crippen LogP contribution in [0.3, 0.4) is 0 Å². The monoisotopic (exact) mass is 280 g/mol. The molecule has 0 saturated heterocycles. The molecule has 0 atom stereocenters. The molecule has 20 heavy (non-hydrogen) atoms. The van der Waals surface area contributed by atoms with Crippen LogP contribution in [0.4, 0.5) is 11.9 Å². The molecule has 2 rings (SSSR count). The quantitative estimate of drug-likeness (QED) is 0.604. The van der Waals surface area contributed by atoms with Crippen molar-refractivity contribution in [1.29, 1.82) is 0 Å². The molecule has 0 unspecified atom stereocenters. The third kappa shape index (κ3) is 3.93. The van der Waals surface area contributed by atoms with E-state index in [9.17, 15) is 0 Å². The average Bonchev–Trinajstić information content (AvgIpc) is 2.48. The molecule has 1 fully saturated rings. The molecule has 0 amide bonds. The van der Waals surface area contributed by atoms with Crippen molar-refractivity contribution in [2.24, 2.45) is 11.8 Å². The Morgan fingerprint density at radius 1 is 1.25 bits per heavy atom. The van der Waals surface area contributed by atoms with Crippen LogP contribution < -0.4 is 20.9 Å². The van der Waals surface area contributed by atoms with E-state index < -0.39 is 0 Å². The highest BCUT2D eigenvalue weighted by atomic mass is 16.5. The van der Waals surface area contributed by atoms with Gasteiger partial charge in [-0.2, -0.15) is 15.0 Å². The van der Waals surface area contributed by atoms with Gasteiger partial charge >= 0.3 is 6.01 Å². The molecule has 0 radical (unpaired) electrons. The summed E-state index contributed by atoms with van der Waals surface area (Å²) in [6.07, 6.45) is 6.60. The molecule has 1 aromatic heterocycles. The van der Waals surface area contributed by atoms with E-state index in [0.29, 0.717) is 24.5 Å². The first-order chi connectivity index (χ1) is 9.72. The van der Waals surface area contributed by atoms with E-state index in [4.69, 9.17) is 10.6 Å². The van der Waals surface area contributed by atoms with Gasteiger partial charge in [-0.05, 0) is 25.7 Å². The average molecular weight is 280 g/mol. The van der Waals surface area contributed by atoms with Crippen molar-refractivity contribution in [3.8, 4) is 6.01 Å². The van der Waals surface area contributed by atoms with Crippen LogP contribution in [0.5, 0.6) is 6.01 Å². The molecule has 3 N–H and O–H groups in total. The van der Waals surface area contributed by atoms with Crippen molar-refractivity contribution in [3.63, 3.8) is 0 Å². The maximum atomic E-state index is 5.39. The van der Waals surface area contributed by atoms with Crippen LogP contribution in [0.1, 0.15) is 39.0 Å². The zero-order chi connectivity index (χ0) is 14.4. The Morgan fingerprint density at radius 2 is 2.00 bits per heavy atom. The SMILES string of the molecule is CCOc1nc(NN)nc(N(C)CC2CCCCC2)n1. The van der Waals surface area contributed by atoms with Gasteiger partial charge in [-0.1, -0.05) is 19.3 Å². The second kappa shape index (κ2) is 7.23. The largest absolute Gasteiger partial charge is 0.464 e. The molecule has 7 nitrogen and oxygen atoms in total. The summed E-state index contributed by atoms with van der Waals surface area (Å²) in [5.41, 5.74) is 2.46. The molecule has 0 aromatic carbocycles. The molecule has 1 saturated carbocycles. The molecule has 0 bridgehead atoms. The molecule has 112 valence electrons. The molecule has 1 heterocycles. The highest BCUT2D eigenvalue weighted by molar-refractivity contribution is 5.37. The van der Waals surface area contributed by atoms with E-state index in [-0.39, 0.29) is 0 Å². The summed E-state index contributed by atoms with van der Waals surface area (Å²) in [6.45, 7) is 3.37. The van der Waals surface area contributed by atoms with Gasteiger partial charge in [0, 0.05) is 13.6 Å². The van der Waals surface area contributed by atoms with Crippen molar-refractivity contribution in [1.82, 2.24) is 15.0 Å². The fourth-order valence-corrected chi connectivity index (χ4v) is 2.61. The topological polar surface area (TPSA) is 89.2 Å². The van der Waals surface area contributed by atoms with Crippen molar-refractivity contribution in [2.75, 3.05) is 30.5 Å². The number of anilines is 2. The highest BCUT2D eigenvalue weighted by Crippen LogP contribution is 2.25. The normalized spacial score (nSPS) is 15.9. The first-order valence-corrected chi connectivity index (χ1v) is 7.29. The minimum absolute atomic E-state index is 0.306. The Morgan fingerprint density at radius 3 is 2.65 bits per heavy atom. The summed E-state index contributed by atoms with van der Waals surface area (Å²) >= 11 is 0. The minimum atomic E-state index is 0.306. The van der Waals surface area contributed by atoms with Crippen molar-refractivity contribution in [3.05, 3.63) is 0 Å². The Bertz CT molecular complexity index is 421. The van der Waals surface area contributed by atoms with Gasteiger partial charge in [-0.3, -0.25) is 5.43 Å². The first-order valence-electron chi connectivity index (χ1n) is 7.29. The lowest BCUT2D eigenvalue weighted by Crippen LogP contribution is -2.29. The summed E-state index contributed by atoms with van der Waals surface area (Å²) in [5.74, 6) is 7.04. The summed E-state index contributed by atoms with van der Waals surface area (Å²) in [6, 6.07) is 0.306. The molecule has 1 aliphatic carbocycles. The van der Waals surface area contributed by atoms with Gasteiger partial charge in [0.1, 0.15) is 0 Å². The minimum Gasteiger partial charge on any atom is -0.464 e. The van der Waals surface area contributed by atoms with Gasteiger partial charge < -0.3 is 9.64 Å². The number of ether oxygens (including phenoxy) is 1. The maximum absolute atomic E-state index is 5.39. The van der Waals surface area contributed by atoms with E-state index in [2.05, 4.69) is 25.3 Å². The number of aromatic nitrogens is 3. The van der Waals surface area contributed by atoms with Gasteiger partial charge in [0.15, 0.2) is 0 Å². The maximum Gasteiger partial charge on any atom is 0.323 e. The van der Waals surface area contributed by atoms with Crippen LogP contribution >= 0.6 is 0 Å². The summed E-state index contributed by atoms with van der Waals surface area (Å²) in [4.78, 5) is 14.7. The van der Waals surface area contributed by atoms with E-state index in [1.54, 1.807) is 0 Å². The van der Waals surface area contributed by atoms with Crippen LogP contribution in [-0.2, 0) is 0 Å². The molecule has 1 aromatic rings. The molecule has 7 heteroatoms. The lowest BCUT2D eigenvalue weighted by Gasteiger charge is -2.27. The third-order valence-corrected chi connectivity index (χ3v) is 3.60. The predicted octanol–water partition coefficient (Wildman–Crippen LogP) is 1.57. The summed E-state index contributed by atoms with van der Waals surface area (Å²) < 4.78 is 5.34. The smallest absolute Gasteiger partial charge is 0.323 e. The number of nitrogens with one attached hydrogen (secondary N) is 1. The van der Waals surface area contributed by atoms with Crippen molar-refractivity contribution in [2.45, 2.75) is 39.0 Å². The zero-order valence-corrected chi connectivity index (χ0v) is 12.3. The molecular formula is C13H24N6O. The van der Waals surface area contributed by atoms with Crippen molar-refractivity contribution >= 4 is 11.9 Å². The van der Waals surface area contributed by atoms with Crippen LogP contribution in [0.15, 0.2) is 0 Å². The number of nitrogens with two attached hydrogens (primary N) is 1. The Labute approximate surface area is 119 Å².